The number of benzene rings is 1. The molecule has 0 aliphatic rings. The first-order chi connectivity index (χ1) is 7.33. The molecule has 3 heteroatoms. The van der Waals surface area contributed by atoms with Gasteiger partial charge in [0.1, 0.15) is 0 Å². The molecule has 0 unspecified atom stereocenters. The second kappa shape index (κ2) is 7.49. The fourth-order valence-corrected chi connectivity index (χ4v) is 1.69. The second-order valence-corrected chi connectivity index (χ2v) is 4.11. The van der Waals surface area contributed by atoms with Crippen molar-refractivity contribution in [2.45, 2.75) is 13.0 Å². The van der Waals surface area contributed by atoms with E-state index in [0.29, 0.717) is 0 Å². The van der Waals surface area contributed by atoms with Crippen LogP contribution in [0.5, 0.6) is 0 Å². The number of nitrogens with one attached hydrogen (secondary N) is 1. The summed E-state index contributed by atoms with van der Waals surface area (Å²) in [5.74, 6) is 0. The van der Waals surface area contributed by atoms with Crippen molar-refractivity contribution >= 4 is 15.9 Å². The molecule has 1 N–H and O–H groups in total. The van der Waals surface area contributed by atoms with Crippen molar-refractivity contribution in [2.24, 2.45) is 0 Å². The van der Waals surface area contributed by atoms with E-state index >= 15 is 0 Å². The molecular weight excluding hydrogens is 254 g/mol. The summed E-state index contributed by atoms with van der Waals surface area (Å²) in [5, 5.41) is 3.35. The van der Waals surface area contributed by atoms with Crippen LogP contribution in [0.25, 0.3) is 0 Å². The van der Waals surface area contributed by atoms with E-state index < -0.39 is 0 Å². The summed E-state index contributed by atoms with van der Waals surface area (Å²) in [6, 6.07) is 8.30. The quantitative estimate of drug-likeness (QED) is 0.607. The lowest BCUT2D eigenvalue weighted by atomic mass is 10.2. The van der Waals surface area contributed by atoms with Gasteiger partial charge in [0.05, 0.1) is 12.9 Å². The molecule has 0 aliphatic carbocycles. The van der Waals surface area contributed by atoms with Crippen LogP contribution < -0.4 is 5.32 Å². The molecule has 0 bridgehead atoms. The Kier molecular flexibility index (Phi) is 6.12. The molecule has 0 saturated heterocycles. The van der Waals surface area contributed by atoms with Crippen molar-refractivity contribution in [2.75, 3.05) is 13.2 Å². The summed E-state index contributed by atoms with van der Waals surface area (Å²) in [5.41, 5.74) is 1.29. The molecule has 0 amide bonds. The third-order valence-corrected chi connectivity index (χ3v) is 2.44. The molecule has 0 atom stereocenters. The largest absolute Gasteiger partial charge is 0.502 e. The number of halogens is 1. The van der Waals surface area contributed by atoms with Crippen molar-refractivity contribution in [3.63, 3.8) is 0 Å². The van der Waals surface area contributed by atoms with E-state index in [1.807, 2.05) is 12.1 Å². The molecule has 0 heterocycles. The topological polar surface area (TPSA) is 21.3 Å². The van der Waals surface area contributed by atoms with E-state index in [-0.39, 0.29) is 0 Å². The molecule has 2 nitrogen and oxygen atoms in total. The fourth-order valence-electron chi connectivity index (χ4n) is 1.24. The highest BCUT2D eigenvalue weighted by Crippen LogP contribution is 2.11. The van der Waals surface area contributed by atoms with Crippen LogP contribution in [0.2, 0.25) is 0 Å². The van der Waals surface area contributed by atoms with E-state index in [0.717, 1.165) is 30.6 Å². The first-order valence-electron chi connectivity index (χ1n) is 5.00. The minimum Gasteiger partial charge on any atom is -0.502 e. The number of ether oxygens (including phenoxy) is 1. The first-order valence-corrected chi connectivity index (χ1v) is 5.80. The third-order valence-electron chi connectivity index (χ3n) is 1.95. The van der Waals surface area contributed by atoms with Crippen LogP contribution in [0.3, 0.4) is 0 Å². The maximum absolute atomic E-state index is 5.02. The van der Waals surface area contributed by atoms with E-state index in [1.54, 1.807) is 0 Å². The highest BCUT2D eigenvalue weighted by molar-refractivity contribution is 9.10. The highest BCUT2D eigenvalue weighted by Gasteiger charge is 1.93. The minimum atomic E-state index is 0.731. The summed E-state index contributed by atoms with van der Waals surface area (Å²) in [7, 11) is 0. The van der Waals surface area contributed by atoms with Crippen LogP contribution in [0.1, 0.15) is 12.0 Å². The lowest BCUT2D eigenvalue weighted by molar-refractivity contribution is 0.244. The average molecular weight is 270 g/mol. The lowest BCUT2D eigenvalue weighted by Crippen LogP contribution is -2.15. The Balaban J connectivity index is 2.12. The standard InChI is InChI=1S/C12H16BrNO/c1-2-15-8-4-7-14-10-11-5-3-6-12(13)9-11/h2-3,5-6,9,14H,1,4,7-8,10H2. The molecule has 15 heavy (non-hydrogen) atoms. The molecule has 0 spiro atoms. The van der Waals surface area contributed by atoms with Crippen LogP contribution in [0.15, 0.2) is 41.6 Å². The molecule has 0 aliphatic heterocycles. The lowest BCUT2D eigenvalue weighted by Gasteiger charge is -2.05. The molecular formula is C12H16BrNO. The Morgan fingerprint density at radius 1 is 1.47 bits per heavy atom. The molecule has 0 saturated carbocycles. The van der Waals surface area contributed by atoms with Crippen LogP contribution in [-0.2, 0) is 11.3 Å². The Bertz CT molecular complexity index is 301. The summed E-state index contributed by atoms with van der Waals surface area (Å²) < 4.78 is 6.14. The fraction of sp³-hybridized carbons (Fsp3) is 0.333. The van der Waals surface area contributed by atoms with E-state index in [4.69, 9.17) is 4.74 Å². The number of hydrogen-bond acceptors (Lipinski definition) is 2. The summed E-state index contributed by atoms with van der Waals surface area (Å²) in [6.07, 6.45) is 2.48. The third kappa shape index (κ3) is 5.60. The highest BCUT2D eigenvalue weighted by atomic mass is 79.9. The van der Waals surface area contributed by atoms with Gasteiger partial charge in [0.25, 0.3) is 0 Å². The minimum absolute atomic E-state index is 0.731. The van der Waals surface area contributed by atoms with Crippen molar-refractivity contribution in [1.29, 1.82) is 0 Å². The second-order valence-electron chi connectivity index (χ2n) is 3.20. The molecule has 0 radical (unpaired) electrons. The zero-order valence-corrected chi connectivity index (χ0v) is 10.3. The zero-order valence-electron chi connectivity index (χ0n) is 8.71. The Hall–Kier alpha value is -0.800. The van der Waals surface area contributed by atoms with Gasteiger partial charge in [0, 0.05) is 11.0 Å². The van der Waals surface area contributed by atoms with Gasteiger partial charge in [-0.15, -0.1) is 0 Å². The molecule has 1 aromatic carbocycles. The van der Waals surface area contributed by atoms with Crippen LogP contribution >= 0.6 is 15.9 Å². The smallest absolute Gasteiger partial charge is 0.0885 e. The number of rotatable bonds is 7. The SMILES string of the molecule is C=COCCCNCc1cccc(Br)c1. The average Bonchev–Trinajstić information content (AvgIpc) is 2.23. The Morgan fingerprint density at radius 2 is 2.33 bits per heavy atom. The van der Waals surface area contributed by atoms with Crippen molar-refractivity contribution in [3.8, 4) is 0 Å². The molecule has 1 rings (SSSR count). The van der Waals surface area contributed by atoms with Gasteiger partial charge in [0.15, 0.2) is 0 Å². The molecule has 0 fully saturated rings. The van der Waals surface area contributed by atoms with Gasteiger partial charge in [-0.25, -0.2) is 0 Å². The van der Waals surface area contributed by atoms with Crippen molar-refractivity contribution in [1.82, 2.24) is 5.32 Å². The van der Waals surface area contributed by atoms with E-state index in [9.17, 15) is 0 Å². The van der Waals surface area contributed by atoms with Crippen molar-refractivity contribution < 1.29 is 4.74 Å². The summed E-state index contributed by atoms with van der Waals surface area (Å²) in [4.78, 5) is 0. The van der Waals surface area contributed by atoms with Gasteiger partial charge in [-0.1, -0.05) is 34.6 Å². The predicted molar refractivity (Wildman–Crippen MR) is 66.6 cm³/mol. The maximum Gasteiger partial charge on any atom is 0.0885 e. The zero-order chi connectivity index (χ0) is 10.9. The normalized spacial score (nSPS) is 9.93. The van der Waals surface area contributed by atoms with Gasteiger partial charge in [0.2, 0.25) is 0 Å². The first kappa shape index (κ1) is 12.3. The van der Waals surface area contributed by atoms with Crippen LogP contribution in [-0.4, -0.2) is 13.2 Å². The van der Waals surface area contributed by atoms with E-state index in [2.05, 4.69) is 40.0 Å². The van der Waals surface area contributed by atoms with Gasteiger partial charge in [-0.2, -0.15) is 0 Å². The summed E-state index contributed by atoms with van der Waals surface area (Å²) in [6.45, 7) is 6.07. The van der Waals surface area contributed by atoms with Gasteiger partial charge in [-0.05, 0) is 30.7 Å². The predicted octanol–water partition coefficient (Wildman–Crippen LogP) is 3.09. The maximum atomic E-state index is 5.02. The van der Waals surface area contributed by atoms with E-state index in [1.165, 1.54) is 11.8 Å². The summed E-state index contributed by atoms with van der Waals surface area (Å²) >= 11 is 3.45. The monoisotopic (exact) mass is 269 g/mol. The molecule has 0 aromatic heterocycles. The van der Waals surface area contributed by atoms with Crippen molar-refractivity contribution in [3.05, 3.63) is 47.1 Å². The van der Waals surface area contributed by atoms with Gasteiger partial charge < -0.3 is 10.1 Å². The van der Waals surface area contributed by atoms with Crippen LogP contribution in [0, 0.1) is 0 Å². The Labute approximate surface area is 99.5 Å². The Morgan fingerprint density at radius 3 is 3.07 bits per heavy atom. The van der Waals surface area contributed by atoms with Crippen LogP contribution in [0.4, 0.5) is 0 Å². The number of hydrogen-bond donors (Lipinski definition) is 1. The van der Waals surface area contributed by atoms with Gasteiger partial charge >= 0.3 is 0 Å². The van der Waals surface area contributed by atoms with Gasteiger partial charge in [-0.3, -0.25) is 0 Å². The molecule has 1 aromatic rings. The molecule has 82 valence electrons.